The Balaban J connectivity index is 1.43. The molecule has 1 aromatic carbocycles. The maximum Gasteiger partial charge on any atom is 0.0818 e. The van der Waals surface area contributed by atoms with Gasteiger partial charge in [0.15, 0.2) is 0 Å². The summed E-state index contributed by atoms with van der Waals surface area (Å²) >= 11 is 6.16. The molecule has 3 N–H and O–H groups in total. The zero-order valence-electron chi connectivity index (χ0n) is 16.7. The van der Waals surface area contributed by atoms with E-state index < -0.39 is 0 Å². The van der Waals surface area contributed by atoms with E-state index in [9.17, 15) is 0 Å². The highest BCUT2D eigenvalue weighted by atomic mass is 32.1. The standard InChI is InChI=1S/C24H34N2S/c1-22-11-17-12-23(14-22,18-5-3-2-4-6-18)16-24(13-17,15-22)21(27)26-20-9-7-19(25)8-10-20/h2-6,17,19-20H,7-16,25H2,1H3,(H,26,27). The van der Waals surface area contributed by atoms with Crippen molar-refractivity contribution in [2.24, 2.45) is 22.5 Å². The maximum absolute atomic E-state index is 6.16. The minimum absolute atomic E-state index is 0.221. The number of nitrogens with two attached hydrogens (primary N) is 1. The predicted molar refractivity (Wildman–Crippen MR) is 116 cm³/mol. The Labute approximate surface area is 169 Å². The van der Waals surface area contributed by atoms with Crippen LogP contribution in [0.15, 0.2) is 30.3 Å². The molecule has 5 saturated carbocycles. The second-order valence-electron chi connectivity index (χ2n) is 10.8. The summed E-state index contributed by atoms with van der Waals surface area (Å²) in [6, 6.07) is 12.3. The largest absolute Gasteiger partial charge is 0.376 e. The van der Waals surface area contributed by atoms with Gasteiger partial charge in [0.2, 0.25) is 0 Å². The van der Waals surface area contributed by atoms with E-state index in [1.165, 1.54) is 56.4 Å². The van der Waals surface area contributed by atoms with Gasteiger partial charge in [-0.05, 0) is 86.5 Å². The number of rotatable bonds is 3. The van der Waals surface area contributed by atoms with Gasteiger partial charge in [-0.3, -0.25) is 0 Å². The monoisotopic (exact) mass is 382 g/mol. The summed E-state index contributed by atoms with van der Waals surface area (Å²) in [5.41, 5.74) is 8.70. The molecule has 0 saturated heterocycles. The fourth-order valence-corrected chi connectivity index (χ4v) is 8.28. The van der Waals surface area contributed by atoms with Crippen LogP contribution >= 0.6 is 12.2 Å². The van der Waals surface area contributed by atoms with E-state index in [-0.39, 0.29) is 5.41 Å². The van der Waals surface area contributed by atoms with E-state index in [1.54, 1.807) is 5.56 Å². The number of nitrogens with one attached hydrogen (secondary N) is 1. The fourth-order valence-electron chi connectivity index (χ4n) is 7.89. The van der Waals surface area contributed by atoms with Crippen molar-refractivity contribution in [3.8, 4) is 0 Å². The molecule has 5 fully saturated rings. The molecule has 0 spiro atoms. The summed E-state index contributed by atoms with van der Waals surface area (Å²) in [6.07, 6.45) is 12.6. The van der Waals surface area contributed by atoms with E-state index >= 15 is 0 Å². The van der Waals surface area contributed by atoms with Gasteiger partial charge in [-0.15, -0.1) is 0 Å². The van der Waals surface area contributed by atoms with Crippen LogP contribution in [0.5, 0.6) is 0 Å². The number of hydrogen-bond acceptors (Lipinski definition) is 2. The molecule has 0 amide bonds. The first-order valence-electron chi connectivity index (χ1n) is 11.0. The van der Waals surface area contributed by atoms with Crippen molar-refractivity contribution in [3.05, 3.63) is 35.9 Å². The van der Waals surface area contributed by atoms with E-state index in [2.05, 4.69) is 42.6 Å². The third-order valence-electron chi connectivity index (χ3n) is 8.32. The van der Waals surface area contributed by atoms with Crippen LogP contribution in [0.25, 0.3) is 0 Å². The SMILES string of the molecule is CC12CC3CC(C(=S)NC4CCC(N)CC4)(C1)CC(c1ccccc1)(C3)C2. The van der Waals surface area contributed by atoms with Crippen molar-refractivity contribution < 1.29 is 0 Å². The Hall–Kier alpha value is -0.930. The van der Waals surface area contributed by atoms with Crippen LogP contribution < -0.4 is 11.1 Å². The Morgan fingerprint density at radius 3 is 2.44 bits per heavy atom. The summed E-state index contributed by atoms with van der Waals surface area (Å²) in [6.45, 7) is 2.55. The summed E-state index contributed by atoms with van der Waals surface area (Å²) in [4.78, 5) is 1.19. The molecule has 0 aromatic heterocycles. The molecule has 0 radical (unpaired) electrons. The third-order valence-corrected chi connectivity index (χ3v) is 8.87. The topological polar surface area (TPSA) is 38.0 Å². The van der Waals surface area contributed by atoms with Crippen LogP contribution in [0.3, 0.4) is 0 Å². The molecule has 27 heavy (non-hydrogen) atoms. The Kier molecular flexibility index (Phi) is 4.22. The van der Waals surface area contributed by atoms with Crippen molar-refractivity contribution >= 4 is 17.2 Å². The molecule has 2 nitrogen and oxygen atoms in total. The molecule has 0 heterocycles. The number of hydrogen-bond donors (Lipinski definition) is 2. The van der Waals surface area contributed by atoms with E-state index in [0.717, 1.165) is 18.8 Å². The fraction of sp³-hybridized carbons (Fsp3) is 0.708. The molecule has 4 bridgehead atoms. The minimum Gasteiger partial charge on any atom is -0.376 e. The Morgan fingerprint density at radius 2 is 1.74 bits per heavy atom. The lowest BCUT2D eigenvalue weighted by Gasteiger charge is -2.66. The average Bonchev–Trinajstić information content (AvgIpc) is 2.62. The van der Waals surface area contributed by atoms with Gasteiger partial charge < -0.3 is 11.1 Å². The van der Waals surface area contributed by atoms with E-state index in [4.69, 9.17) is 18.0 Å². The summed E-state index contributed by atoms with van der Waals surface area (Å²) in [5, 5.41) is 3.86. The molecule has 6 rings (SSSR count). The Bertz CT molecular complexity index is 725. The molecule has 1 aromatic rings. The quantitative estimate of drug-likeness (QED) is 0.714. The first-order valence-corrected chi connectivity index (χ1v) is 11.4. The average molecular weight is 383 g/mol. The van der Waals surface area contributed by atoms with Crippen molar-refractivity contribution in [2.45, 2.75) is 88.6 Å². The lowest BCUT2D eigenvalue weighted by Crippen LogP contribution is -2.62. The zero-order valence-corrected chi connectivity index (χ0v) is 17.5. The molecular formula is C24H34N2S. The maximum atomic E-state index is 6.16. The first kappa shape index (κ1) is 18.1. The van der Waals surface area contributed by atoms with Gasteiger partial charge in [0, 0.05) is 17.5 Å². The normalized spacial score (nSPS) is 45.6. The smallest absolute Gasteiger partial charge is 0.0818 e. The van der Waals surface area contributed by atoms with Crippen molar-refractivity contribution in [3.63, 3.8) is 0 Å². The van der Waals surface area contributed by atoms with Crippen LogP contribution in [-0.2, 0) is 5.41 Å². The van der Waals surface area contributed by atoms with Gasteiger partial charge in [0.1, 0.15) is 0 Å². The van der Waals surface area contributed by atoms with Gasteiger partial charge in [0.05, 0.1) is 4.99 Å². The van der Waals surface area contributed by atoms with Gasteiger partial charge >= 0.3 is 0 Å². The molecule has 4 unspecified atom stereocenters. The minimum atomic E-state index is 0.221. The predicted octanol–water partition coefficient (Wildman–Crippen LogP) is 5.10. The summed E-state index contributed by atoms with van der Waals surface area (Å²) in [5.74, 6) is 0.839. The van der Waals surface area contributed by atoms with Crippen LogP contribution in [-0.4, -0.2) is 17.1 Å². The lowest BCUT2D eigenvalue weighted by molar-refractivity contribution is -0.0874. The number of benzene rings is 1. The number of thiocarbonyl (C=S) groups is 1. The van der Waals surface area contributed by atoms with Crippen molar-refractivity contribution in [2.75, 3.05) is 0 Å². The van der Waals surface area contributed by atoms with Gasteiger partial charge in [-0.25, -0.2) is 0 Å². The van der Waals surface area contributed by atoms with Crippen molar-refractivity contribution in [1.82, 2.24) is 5.32 Å². The van der Waals surface area contributed by atoms with E-state index in [1.807, 2.05) is 0 Å². The second kappa shape index (κ2) is 6.29. The highest BCUT2D eigenvalue weighted by molar-refractivity contribution is 7.80. The zero-order chi connectivity index (χ0) is 18.7. The third kappa shape index (κ3) is 3.06. The molecule has 5 aliphatic rings. The molecule has 3 heteroatoms. The summed E-state index contributed by atoms with van der Waals surface area (Å²) in [7, 11) is 0. The van der Waals surface area contributed by atoms with Gasteiger partial charge in [-0.1, -0.05) is 49.5 Å². The highest BCUT2D eigenvalue weighted by Gasteiger charge is 2.63. The van der Waals surface area contributed by atoms with Gasteiger partial charge in [0.25, 0.3) is 0 Å². The summed E-state index contributed by atoms with van der Waals surface area (Å²) < 4.78 is 0. The molecule has 5 aliphatic carbocycles. The molecule has 146 valence electrons. The van der Waals surface area contributed by atoms with Crippen LogP contribution in [0.4, 0.5) is 0 Å². The molecular weight excluding hydrogens is 348 g/mol. The van der Waals surface area contributed by atoms with Crippen LogP contribution in [0.1, 0.15) is 76.7 Å². The first-order chi connectivity index (χ1) is 12.9. The lowest BCUT2D eigenvalue weighted by atomic mass is 9.39. The molecule has 0 aliphatic heterocycles. The van der Waals surface area contributed by atoms with E-state index in [0.29, 0.717) is 22.9 Å². The van der Waals surface area contributed by atoms with Crippen LogP contribution in [0.2, 0.25) is 0 Å². The Morgan fingerprint density at radius 1 is 1.00 bits per heavy atom. The molecule has 4 atom stereocenters. The second-order valence-corrected chi connectivity index (χ2v) is 11.2. The van der Waals surface area contributed by atoms with Crippen molar-refractivity contribution in [1.29, 1.82) is 0 Å². The van der Waals surface area contributed by atoms with Crippen LogP contribution in [0, 0.1) is 16.7 Å². The highest BCUT2D eigenvalue weighted by Crippen LogP contribution is 2.70. The van der Waals surface area contributed by atoms with Gasteiger partial charge in [-0.2, -0.15) is 0 Å².